The van der Waals surface area contributed by atoms with Gasteiger partial charge in [0.1, 0.15) is 5.69 Å². The van der Waals surface area contributed by atoms with Crippen LogP contribution < -0.4 is 16.4 Å². The summed E-state index contributed by atoms with van der Waals surface area (Å²) >= 11 is 0. The van der Waals surface area contributed by atoms with Crippen molar-refractivity contribution < 1.29 is 9.59 Å². The molecule has 1 heterocycles. The Morgan fingerprint density at radius 3 is 2.84 bits per heavy atom. The van der Waals surface area contributed by atoms with Gasteiger partial charge in [-0.15, -0.1) is 0 Å². The van der Waals surface area contributed by atoms with Gasteiger partial charge in [-0.25, -0.2) is 0 Å². The van der Waals surface area contributed by atoms with Crippen LogP contribution in [0.2, 0.25) is 0 Å². The van der Waals surface area contributed by atoms with Gasteiger partial charge in [-0.05, 0) is 25.0 Å². The van der Waals surface area contributed by atoms with Crippen molar-refractivity contribution in [3.05, 3.63) is 24.0 Å². The van der Waals surface area contributed by atoms with Gasteiger partial charge in [0.15, 0.2) is 0 Å². The van der Waals surface area contributed by atoms with E-state index in [1.54, 1.807) is 12.3 Å². The molecule has 0 saturated carbocycles. The van der Waals surface area contributed by atoms with Crippen LogP contribution >= 0.6 is 0 Å². The van der Waals surface area contributed by atoms with Gasteiger partial charge in [0.25, 0.3) is 5.91 Å². The topological polar surface area (TPSA) is 97.1 Å². The normalized spacial score (nSPS) is 9.95. The van der Waals surface area contributed by atoms with Gasteiger partial charge in [0.05, 0.1) is 0 Å². The molecule has 0 aliphatic heterocycles. The third-order valence-corrected chi connectivity index (χ3v) is 2.46. The molecule has 0 atom stereocenters. The first-order valence-electron chi connectivity index (χ1n) is 6.40. The van der Waals surface area contributed by atoms with E-state index in [9.17, 15) is 9.59 Å². The van der Waals surface area contributed by atoms with Gasteiger partial charge in [-0.2, -0.15) is 0 Å². The first kappa shape index (κ1) is 14.9. The largest absolute Gasteiger partial charge is 0.385 e. The number of aromatic nitrogens is 1. The van der Waals surface area contributed by atoms with Gasteiger partial charge >= 0.3 is 0 Å². The van der Waals surface area contributed by atoms with Crippen molar-refractivity contribution in [1.29, 1.82) is 0 Å². The van der Waals surface area contributed by atoms with Crippen molar-refractivity contribution in [2.24, 2.45) is 5.73 Å². The summed E-state index contributed by atoms with van der Waals surface area (Å²) in [5.41, 5.74) is 6.25. The second kappa shape index (κ2) is 8.07. The van der Waals surface area contributed by atoms with Crippen molar-refractivity contribution in [2.45, 2.75) is 26.2 Å². The predicted molar refractivity (Wildman–Crippen MR) is 73.8 cm³/mol. The SMILES string of the molecule is CCCNc1ccnc(C(=O)NCCCC(N)=O)c1. The number of hydrogen-bond donors (Lipinski definition) is 3. The third-order valence-electron chi connectivity index (χ3n) is 2.46. The van der Waals surface area contributed by atoms with Crippen LogP contribution in [0.15, 0.2) is 18.3 Å². The van der Waals surface area contributed by atoms with E-state index in [2.05, 4.69) is 22.5 Å². The number of carbonyl (C=O) groups excluding carboxylic acids is 2. The van der Waals surface area contributed by atoms with Crippen molar-refractivity contribution in [3.63, 3.8) is 0 Å². The van der Waals surface area contributed by atoms with E-state index in [4.69, 9.17) is 5.73 Å². The number of nitrogens with two attached hydrogens (primary N) is 1. The summed E-state index contributed by atoms with van der Waals surface area (Å²) in [5, 5.41) is 5.89. The summed E-state index contributed by atoms with van der Waals surface area (Å²) in [6.07, 6.45) is 3.41. The Labute approximate surface area is 112 Å². The summed E-state index contributed by atoms with van der Waals surface area (Å²) < 4.78 is 0. The molecule has 1 rings (SSSR count). The second-order valence-corrected chi connectivity index (χ2v) is 4.18. The Morgan fingerprint density at radius 2 is 2.16 bits per heavy atom. The van der Waals surface area contributed by atoms with E-state index in [0.717, 1.165) is 18.7 Å². The minimum Gasteiger partial charge on any atom is -0.385 e. The number of pyridine rings is 1. The molecule has 2 amide bonds. The fourth-order valence-corrected chi connectivity index (χ4v) is 1.49. The molecular weight excluding hydrogens is 244 g/mol. The van der Waals surface area contributed by atoms with Gasteiger partial charge in [0.2, 0.25) is 5.91 Å². The van der Waals surface area contributed by atoms with Crippen LogP contribution in [0.3, 0.4) is 0 Å². The highest BCUT2D eigenvalue weighted by molar-refractivity contribution is 5.93. The molecule has 4 N–H and O–H groups in total. The van der Waals surface area contributed by atoms with Crippen molar-refractivity contribution in [1.82, 2.24) is 10.3 Å². The molecule has 0 spiro atoms. The molecule has 0 aromatic carbocycles. The molecule has 0 aliphatic rings. The van der Waals surface area contributed by atoms with Crippen LogP contribution in [0.25, 0.3) is 0 Å². The summed E-state index contributed by atoms with van der Waals surface area (Å²) in [7, 11) is 0. The van der Waals surface area contributed by atoms with E-state index in [0.29, 0.717) is 18.7 Å². The van der Waals surface area contributed by atoms with Gasteiger partial charge in [-0.1, -0.05) is 6.92 Å². The first-order valence-corrected chi connectivity index (χ1v) is 6.40. The Morgan fingerprint density at radius 1 is 1.37 bits per heavy atom. The molecule has 19 heavy (non-hydrogen) atoms. The molecule has 6 nitrogen and oxygen atoms in total. The average molecular weight is 264 g/mol. The smallest absolute Gasteiger partial charge is 0.269 e. The fraction of sp³-hybridized carbons (Fsp3) is 0.462. The monoisotopic (exact) mass is 264 g/mol. The molecule has 0 aliphatic carbocycles. The van der Waals surface area contributed by atoms with E-state index in [-0.39, 0.29) is 18.2 Å². The maximum atomic E-state index is 11.8. The van der Waals surface area contributed by atoms with Crippen molar-refractivity contribution >= 4 is 17.5 Å². The number of rotatable bonds is 8. The van der Waals surface area contributed by atoms with Gasteiger partial charge < -0.3 is 16.4 Å². The summed E-state index contributed by atoms with van der Waals surface area (Å²) in [6.45, 7) is 3.33. The Balaban J connectivity index is 2.45. The van der Waals surface area contributed by atoms with Crippen molar-refractivity contribution in [3.8, 4) is 0 Å². The molecule has 0 bridgehead atoms. The highest BCUT2D eigenvalue weighted by atomic mass is 16.2. The lowest BCUT2D eigenvalue weighted by molar-refractivity contribution is -0.118. The third kappa shape index (κ3) is 5.85. The Hall–Kier alpha value is -2.11. The van der Waals surface area contributed by atoms with E-state index in [1.807, 2.05) is 6.07 Å². The van der Waals surface area contributed by atoms with Crippen LogP contribution in [0.5, 0.6) is 0 Å². The highest BCUT2D eigenvalue weighted by Crippen LogP contribution is 2.07. The number of nitrogens with zero attached hydrogens (tertiary/aromatic N) is 1. The maximum absolute atomic E-state index is 11.8. The average Bonchev–Trinajstić information content (AvgIpc) is 2.41. The standard InChI is InChI=1S/C13H20N4O2/c1-2-6-15-10-5-8-16-11(9-10)13(19)17-7-3-4-12(14)18/h5,8-9H,2-4,6-7H2,1H3,(H2,14,18)(H,15,16)(H,17,19). The lowest BCUT2D eigenvalue weighted by Gasteiger charge is -2.07. The fourth-order valence-electron chi connectivity index (χ4n) is 1.49. The minimum absolute atomic E-state index is 0.246. The molecule has 0 radical (unpaired) electrons. The number of carbonyl (C=O) groups is 2. The predicted octanol–water partition coefficient (Wildman–Crippen LogP) is 0.899. The number of primary amides is 1. The lowest BCUT2D eigenvalue weighted by atomic mass is 10.2. The summed E-state index contributed by atoms with van der Waals surface area (Å²) in [5.74, 6) is -0.609. The number of anilines is 1. The maximum Gasteiger partial charge on any atom is 0.269 e. The Bertz CT molecular complexity index is 434. The highest BCUT2D eigenvalue weighted by Gasteiger charge is 2.07. The molecule has 1 aromatic rings. The molecule has 0 fully saturated rings. The molecule has 0 unspecified atom stereocenters. The lowest BCUT2D eigenvalue weighted by Crippen LogP contribution is -2.26. The number of nitrogens with one attached hydrogen (secondary N) is 2. The van der Waals surface area contributed by atoms with E-state index >= 15 is 0 Å². The van der Waals surface area contributed by atoms with Crippen LogP contribution in [-0.4, -0.2) is 29.9 Å². The van der Waals surface area contributed by atoms with Gasteiger partial charge in [0, 0.05) is 31.4 Å². The second-order valence-electron chi connectivity index (χ2n) is 4.18. The zero-order valence-electron chi connectivity index (χ0n) is 11.1. The summed E-state index contributed by atoms with van der Waals surface area (Å²) in [6, 6.07) is 3.53. The van der Waals surface area contributed by atoms with Crippen LogP contribution in [-0.2, 0) is 4.79 Å². The van der Waals surface area contributed by atoms with Crippen molar-refractivity contribution in [2.75, 3.05) is 18.4 Å². The number of hydrogen-bond acceptors (Lipinski definition) is 4. The number of amides is 2. The van der Waals surface area contributed by atoms with Crippen LogP contribution in [0, 0.1) is 0 Å². The van der Waals surface area contributed by atoms with E-state index < -0.39 is 0 Å². The molecule has 6 heteroatoms. The zero-order chi connectivity index (χ0) is 14.1. The quantitative estimate of drug-likeness (QED) is 0.608. The summed E-state index contributed by atoms with van der Waals surface area (Å²) in [4.78, 5) is 26.4. The Kier molecular flexibility index (Phi) is 6.35. The van der Waals surface area contributed by atoms with Crippen LogP contribution in [0.4, 0.5) is 5.69 Å². The minimum atomic E-state index is -0.363. The first-order chi connectivity index (χ1) is 9.13. The molecule has 1 aromatic heterocycles. The van der Waals surface area contributed by atoms with Crippen LogP contribution in [0.1, 0.15) is 36.7 Å². The molecular formula is C13H20N4O2. The molecule has 0 saturated heterocycles. The van der Waals surface area contributed by atoms with E-state index in [1.165, 1.54) is 0 Å². The molecule has 104 valence electrons. The zero-order valence-corrected chi connectivity index (χ0v) is 11.1. The van der Waals surface area contributed by atoms with Gasteiger partial charge in [-0.3, -0.25) is 14.6 Å².